The van der Waals surface area contributed by atoms with Gasteiger partial charge in [-0.05, 0) is 19.9 Å². The lowest BCUT2D eigenvalue weighted by molar-refractivity contribution is 0.561. The number of hydrogen-bond acceptors (Lipinski definition) is 6. The Balaban J connectivity index is 2.06. The van der Waals surface area contributed by atoms with E-state index in [1.54, 1.807) is 0 Å². The molecule has 0 bridgehead atoms. The van der Waals surface area contributed by atoms with Crippen LogP contribution < -0.4 is 10.0 Å². The minimum absolute atomic E-state index is 0.0198. The molecule has 2 aromatic heterocycles. The number of nitrogens with zero attached hydrogens (tertiary/aromatic N) is 2. The third-order valence-corrected chi connectivity index (χ3v) is 4.82. The standard InChI is InChI=1S/C11H17N5O2S2/c1-3-4-13-8(2)9-6-19-11(15-9)16-20(17,18)10-5-12-7-14-10/h5-8,13H,3-4H2,1-2H3,(H,12,14)(H,15,16). The monoisotopic (exact) mass is 315 g/mol. The first-order valence-electron chi connectivity index (χ1n) is 6.23. The molecule has 0 amide bonds. The van der Waals surface area contributed by atoms with Gasteiger partial charge < -0.3 is 10.3 Å². The molecular formula is C11H17N5O2S2. The maximum atomic E-state index is 12.0. The smallest absolute Gasteiger partial charge is 0.280 e. The van der Waals surface area contributed by atoms with Gasteiger partial charge in [-0.1, -0.05) is 6.92 Å². The summed E-state index contributed by atoms with van der Waals surface area (Å²) in [6.07, 6.45) is 3.61. The van der Waals surface area contributed by atoms with E-state index in [9.17, 15) is 8.42 Å². The second kappa shape index (κ2) is 6.33. The first-order valence-corrected chi connectivity index (χ1v) is 8.59. The normalized spacial score (nSPS) is 13.3. The predicted molar refractivity (Wildman–Crippen MR) is 78.2 cm³/mol. The molecule has 0 saturated carbocycles. The lowest BCUT2D eigenvalue weighted by Gasteiger charge is -2.09. The zero-order valence-corrected chi connectivity index (χ0v) is 12.9. The molecule has 0 saturated heterocycles. The average molecular weight is 315 g/mol. The maximum absolute atomic E-state index is 12.0. The number of thiazole rings is 1. The minimum atomic E-state index is -3.64. The van der Waals surface area contributed by atoms with Gasteiger partial charge in [0.2, 0.25) is 0 Å². The minimum Gasteiger partial charge on any atom is -0.334 e. The van der Waals surface area contributed by atoms with Crippen LogP contribution in [0.3, 0.4) is 0 Å². The van der Waals surface area contributed by atoms with Gasteiger partial charge in [0.1, 0.15) is 0 Å². The second-order valence-corrected chi connectivity index (χ2v) is 6.78. The van der Waals surface area contributed by atoms with Gasteiger partial charge in [0.25, 0.3) is 10.0 Å². The van der Waals surface area contributed by atoms with Crippen molar-refractivity contribution >= 4 is 26.5 Å². The summed E-state index contributed by atoms with van der Waals surface area (Å²) in [6.45, 7) is 4.98. The van der Waals surface area contributed by atoms with Gasteiger partial charge in [0.05, 0.1) is 18.2 Å². The van der Waals surface area contributed by atoms with E-state index in [2.05, 4.69) is 31.9 Å². The van der Waals surface area contributed by atoms with Crippen molar-refractivity contribution in [3.63, 3.8) is 0 Å². The fraction of sp³-hybridized carbons (Fsp3) is 0.455. The molecule has 0 aliphatic heterocycles. The fourth-order valence-electron chi connectivity index (χ4n) is 1.56. The van der Waals surface area contributed by atoms with E-state index in [1.165, 1.54) is 23.9 Å². The molecule has 20 heavy (non-hydrogen) atoms. The SMILES string of the molecule is CCCNC(C)c1csc(NS(=O)(=O)c2cnc[nH]2)n1. The number of nitrogens with one attached hydrogen (secondary N) is 3. The van der Waals surface area contributed by atoms with Gasteiger partial charge in [-0.15, -0.1) is 11.3 Å². The summed E-state index contributed by atoms with van der Waals surface area (Å²) in [7, 11) is -3.64. The lowest BCUT2D eigenvalue weighted by atomic mass is 10.2. The Hall–Kier alpha value is -1.45. The zero-order valence-electron chi connectivity index (χ0n) is 11.3. The molecule has 2 aromatic rings. The molecule has 1 unspecified atom stereocenters. The van der Waals surface area contributed by atoms with Crippen molar-refractivity contribution in [3.05, 3.63) is 23.6 Å². The van der Waals surface area contributed by atoms with Crippen molar-refractivity contribution in [1.29, 1.82) is 0 Å². The third-order valence-electron chi connectivity index (χ3n) is 2.65. The Kier molecular flexibility index (Phi) is 4.73. The number of aromatic nitrogens is 3. The maximum Gasteiger partial charge on any atom is 0.280 e. The van der Waals surface area contributed by atoms with Crippen molar-refractivity contribution in [2.75, 3.05) is 11.3 Å². The number of rotatable bonds is 7. The highest BCUT2D eigenvalue weighted by Crippen LogP contribution is 2.22. The Morgan fingerprint density at radius 1 is 1.50 bits per heavy atom. The highest BCUT2D eigenvalue weighted by atomic mass is 32.2. The van der Waals surface area contributed by atoms with Crippen molar-refractivity contribution in [1.82, 2.24) is 20.3 Å². The first kappa shape index (κ1) is 14.9. The fourth-order valence-corrected chi connectivity index (χ4v) is 3.52. The van der Waals surface area contributed by atoms with Gasteiger partial charge >= 0.3 is 0 Å². The molecule has 3 N–H and O–H groups in total. The van der Waals surface area contributed by atoms with E-state index in [0.29, 0.717) is 5.13 Å². The Bertz CT molecular complexity index is 636. The molecule has 9 heteroatoms. The van der Waals surface area contributed by atoms with Crippen LogP contribution in [0.1, 0.15) is 32.0 Å². The molecule has 2 rings (SSSR count). The van der Waals surface area contributed by atoms with E-state index in [1.807, 2.05) is 12.3 Å². The summed E-state index contributed by atoms with van der Waals surface area (Å²) in [5, 5.41) is 5.52. The molecule has 0 spiro atoms. The van der Waals surface area contributed by atoms with Crippen molar-refractivity contribution in [2.24, 2.45) is 0 Å². The molecule has 110 valence electrons. The van der Waals surface area contributed by atoms with E-state index in [0.717, 1.165) is 18.7 Å². The number of hydrogen-bond donors (Lipinski definition) is 3. The van der Waals surface area contributed by atoms with Crippen LogP contribution in [-0.2, 0) is 10.0 Å². The van der Waals surface area contributed by atoms with Crippen molar-refractivity contribution in [2.45, 2.75) is 31.3 Å². The highest BCUT2D eigenvalue weighted by Gasteiger charge is 2.18. The predicted octanol–water partition coefficient (Wildman–Crippen LogP) is 1.73. The van der Waals surface area contributed by atoms with E-state index < -0.39 is 10.0 Å². The average Bonchev–Trinajstić information content (AvgIpc) is 3.06. The van der Waals surface area contributed by atoms with Crippen LogP contribution in [0, 0.1) is 0 Å². The van der Waals surface area contributed by atoms with Crippen molar-refractivity contribution in [3.8, 4) is 0 Å². The topological polar surface area (TPSA) is 99.8 Å². The summed E-state index contributed by atoms with van der Waals surface area (Å²) in [5.74, 6) is 0. The van der Waals surface area contributed by atoms with Crippen LogP contribution in [0.25, 0.3) is 0 Å². The molecule has 7 nitrogen and oxygen atoms in total. The molecular weight excluding hydrogens is 298 g/mol. The number of anilines is 1. The summed E-state index contributed by atoms with van der Waals surface area (Å²) in [4.78, 5) is 10.5. The molecule has 0 aromatic carbocycles. The van der Waals surface area contributed by atoms with E-state index in [4.69, 9.17) is 0 Å². The van der Waals surface area contributed by atoms with Gasteiger partial charge in [-0.25, -0.2) is 9.97 Å². The zero-order chi connectivity index (χ0) is 14.6. The summed E-state index contributed by atoms with van der Waals surface area (Å²) >= 11 is 1.26. The van der Waals surface area contributed by atoms with Gasteiger partial charge in [0, 0.05) is 11.4 Å². The van der Waals surface area contributed by atoms with Crippen LogP contribution in [0.4, 0.5) is 5.13 Å². The first-order chi connectivity index (χ1) is 9.53. The van der Waals surface area contributed by atoms with Crippen LogP contribution in [-0.4, -0.2) is 29.9 Å². The Morgan fingerprint density at radius 2 is 2.30 bits per heavy atom. The van der Waals surface area contributed by atoms with Crippen molar-refractivity contribution < 1.29 is 8.42 Å². The number of sulfonamides is 1. The lowest BCUT2D eigenvalue weighted by Crippen LogP contribution is -2.19. The second-order valence-electron chi connectivity index (χ2n) is 4.27. The van der Waals surface area contributed by atoms with Crippen LogP contribution in [0.2, 0.25) is 0 Å². The third kappa shape index (κ3) is 3.56. The number of H-pyrrole nitrogens is 1. The molecule has 0 radical (unpaired) electrons. The van der Waals surface area contributed by atoms with Gasteiger partial charge in [0.15, 0.2) is 10.2 Å². The summed E-state index contributed by atoms with van der Waals surface area (Å²) in [6, 6.07) is 0.0941. The Morgan fingerprint density at radius 3 is 2.95 bits per heavy atom. The summed E-state index contributed by atoms with van der Waals surface area (Å²) < 4.78 is 26.4. The van der Waals surface area contributed by atoms with Crippen LogP contribution in [0.15, 0.2) is 22.9 Å². The summed E-state index contributed by atoms with van der Waals surface area (Å²) in [5.41, 5.74) is 0.825. The van der Waals surface area contributed by atoms with Crippen LogP contribution in [0.5, 0.6) is 0 Å². The highest BCUT2D eigenvalue weighted by molar-refractivity contribution is 7.92. The van der Waals surface area contributed by atoms with Gasteiger partial charge in [-0.3, -0.25) is 4.72 Å². The van der Waals surface area contributed by atoms with Gasteiger partial charge in [-0.2, -0.15) is 8.42 Å². The quantitative estimate of drug-likeness (QED) is 0.722. The largest absolute Gasteiger partial charge is 0.334 e. The van der Waals surface area contributed by atoms with E-state index >= 15 is 0 Å². The van der Waals surface area contributed by atoms with E-state index in [-0.39, 0.29) is 11.1 Å². The Labute approximate surface area is 121 Å². The number of aromatic amines is 1. The molecule has 0 fully saturated rings. The molecule has 0 aliphatic rings. The molecule has 0 aliphatic carbocycles. The van der Waals surface area contributed by atoms with Crippen LogP contribution >= 0.6 is 11.3 Å². The molecule has 2 heterocycles. The molecule has 1 atom stereocenters. The number of imidazole rings is 1.